The summed E-state index contributed by atoms with van der Waals surface area (Å²) in [5.41, 5.74) is 3.12. The minimum Gasteiger partial charge on any atom is -0.497 e. The minimum atomic E-state index is -0.513. The molecule has 0 aromatic heterocycles. The van der Waals surface area contributed by atoms with Gasteiger partial charge in [-0.15, -0.1) is 0 Å². The van der Waals surface area contributed by atoms with Gasteiger partial charge in [0.2, 0.25) is 5.91 Å². The van der Waals surface area contributed by atoms with Crippen LogP contribution in [0.25, 0.3) is 0 Å². The number of esters is 1. The van der Waals surface area contributed by atoms with E-state index in [0.717, 1.165) is 5.56 Å². The second-order valence-corrected chi connectivity index (χ2v) is 8.44. The molecule has 0 bridgehead atoms. The lowest BCUT2D eigenvalue weighted by molar-refractivity contribution is -0.136. The van der Waals surface area contributed by atoms with Crippen molar-refractivity contribution in [2.75, 3.05) is 19.5 Å². The number of carbonyl (C=O) groups excluding carboxylic acids is 2. The van der Waals surface area contributed by atoms with Crippen molar-refractivity contribution in [2.45, 2.75) is 25.8 Å². The number of amidine groups is 1. The molecule has 0 saturated carbocycles. The molecule has 2 aromatic rings. The summed E-state index contributed by atoms with van der Waals surface area (Å²) < 4.78 is 23.6. The van der Waals surface area contributed by atoms with E-state index in [4.69, 9.17) is 14.5 Å². The molecule has 2 aliphatic rings. The van der Waals surface area contributed by atoms with Crippen molar-refractivity contribution in [1.82, 2.24) is 4.90 Å². The zero-order chi connectivity index (χ0) is 24.2. The van der Waals surface area contributed by atoms with E-state index < -0.39 is 12.0 Å². The lowest BCUT2D eigenvalue weighted by Crippen LogP contribution is -2.37. The molecule has 1 unspecified atom stereocenters. The van der Waals surface area contributed by atoms with E-state index >= 15 is 0 Å². The molecule has 7 nitrogen and oxygen atoms in total. The molecule has 0 radical (unpaired) electrons. The summed E-state index contributed by atoms with van der Waals surface area (Å²) in [6.07, 6.45) is 0.599. The third kappa shape index (κ3) is 4.70. The first kappa shape index (κ1) is 23.6. The monoisotopic (exact) mass is 481 g/mol. The predicted octanol–water partition coefficient (Wildman–Crippen LogP) is 5.00. The lowest BCUT2D eigenvalue weighted by atomic mass is 9.93. The number of aliphatic imine (C=N–C) groups is 1. The molecule has 176 valence electrons. The summed E-state index contributed by atoms with van der Waals surface area (Å²) in [4.78, 5) is 32.3. The van der Waals surface area contributed by atoms with Crippen molar-refractivity contribution < 1.29 is 23.5 Å². The van der Waals surface area contributed by atoms with Crippen LogP contribution in [-0.2, 0) is 14.3 Å². The number of rotatable bonds is 7. The number of carbonyl (C=O) groups is 2. The summed E-state index contributed by atoms with van der Waals surface area (Å²) >= 11 is 1.40. The molecule has 34 heavy (non-hydrogen) atoms. The molecule has 0 saturated heterocycles. The van der Waals surface area contributed by atoms with E-state index in [1.165, 1.54) is 43.1 Å². The Hall–Kier alpha value is -3.59. The molecule has 2 heterocycles. The Morgan fingerprint density at radius 2 is 1.82 bits per heavy atom. The molecule has 2 aliphatic heterocycles. The van der Waals surface area contributed by atoms with Crippen LogP contribution in [0.2, 0.25) is 0 Å². The number of benzene rings is 2. The average molecular weight is 482 g/mol. The van der Waals surface area contributed by atoms with Crippen LogP contribution in [0.5, 0.6) is 5.75 Å². The van der Waals surface area contributed by atoms with Gasteiger partial charge in [-0.1, -0.05) is 30.8 Å². The minimum absolute atomic E-state index is 0.0476. The van der Waals surface area contributed by atoms with Crippen molar-refractivity contribution >= 4 is 34.5 Å². The molecule has 1 atom stereocenters. The number of methoxy groups -OCH3 is 2. The van der Waals surface area contributed by atoms with E-state index in [-0.39, 0.29) is 18.1 Å². The number of fused-ring (bicyclic) bond motifs is 1. The summed E-state index contributed by atoms with van der Waals surface area (Å²) in [7, 11) is 2.94. The maximum atomic E-state index is 13.2. The lowest BCUT2D eigenvalue weighted by Gasteiger charge is -2.36. The Bertz CT molecular complexity index is 1190. The smallest absolute Gasteiger partial charge is 0.338 e. The second-order valence-electron chi connectivity index (χ2n) is 7.60. The highest BCUT2D eigenvalue weighted by atomic mass is 32.2. The highest BCUT2D eigenvalue weighted by Gasteiger charge is 2.41. The number of amides is 1. The number of hydrogen-bond donors (Lipinski definition) is 1. The fourth-order valence-corrected chi connectivity index (χ4v) is 4.85. The quantitative estimate of drug-likeness (QED) is 0.561. The summed E-state index contributed by atoms with van der Waals surface area (Å²) in [6.45, 7) is 1.94. The first-order chi connectivity index (χ1) is 16.4. The topological polar surface area (TPSA) is 80.2 Å². The number of hydrogen-bond acceptors (Lipinski definition) is 7. The third-order valence-electron chi connectivity index (χ3n) is 5.53. The predicted molar refractivity (Wildman–Crippen MR) is 130 cm³/mol. The van der Waals surface area contributed by atoms with Gasteiger partial charge < -0.3 is 19.7 Å². The van der Waals surface area contributed by atoms with Gasteiger partial charge in [0.25, 0.3) is 0 Å². The van der Waals surface area contributed by atoms with Crippen molar-refractivity contribution in [3.05, 3.63) is 82.3 Å². The zero-order valence-electron chi connectivity index (χ0n) is 19.0. The van der Waals surface area contributed by atoms with Crippen LogP contribution >= 0.6 is 11.8 Å². The zero-order valence-corrected chi connectivity index (χ0v) is 19.8. The van der Waals surface area contributed by atoms with Crippen LogP contribution in [0, 0.1) is 5.82 Å². The molecule has 1 amide bonds. The number of allylic oxidation sites excluding steroid dienone is 1. The number of ether oxygens (including phenoxy) is 2. The number of halogens is 1. The van der Waals surface area contributed by atoms with Gasteiger partial charge in [-0.05, 0) is 53.8 Å². The van der Waals surface area contributed by atoms with Gasteiger partial charge >= 0.3 is 5.97 Å². The molecule has 9 heteroatoms. The Balaban J connectivity index is 1.67. The molecule has 0 aliphatic carbocycles. The van der Waals surface area contributed by atoms with E-state index in [2.05, 4.69) is 5.32 Å². The van der Waals surface area contributed by atoms with E-state index in [0.29, 0.717) is 40.0 Å². The molecular formula is C25H24FN3O4S. The summed E-state index contributed by atoms with van der Waals surface area (Å²) in [5.74, 6) is -0.415. The average Bonchev–Trinajstić information content (AvgIpc) is 3.25. The van der Waals surface area contributed by atoms with Gasteiger partial charge in [0, 0.05) is 11.4 Å². The number of nitrogens with one attached hydrogen (secondary N) is 1. The van der Waals surface area contributed by atoms with Crippen molar-refractivity contribution in [3.8, 4) is 5.75 Å². The Morgan fingerprint density at radius 1 is 1.12 bits per heavy atom. The molecule has 1 N–H and O–H groups in total. The van der Waals surface area contributed by atoms with Crippen LogP contribution in [-0.4, -0.2) is 36.2 Å². The van der Waals surface area contributed by atoms with Crippen molar-refractivity contribution in [3.63, 3.8) is 0 Å². The molecule has 0 fully saturated rings. The molecular weight excluding hydrogens is 457 g/mol. The van der Waals surface area contributed by atoms with E-state index in [1.54, 1.807) is 7.11 Å². The maximum absolute atomic E-state index is 13.2. The van der Waals surface area contributed by atoms with Gasteiger partial charge in [0.1, 0.15) is 11.6 Å². The van der Waals surface area contributed by atoms with Crippen LogP contribution in [0.4, 0.5) is 10.1 Å². The number of thioether (sulfide) groups is 1. The fraction of sp³-hybridized carbons (Fsp3) is 0.240. The standard InChI is InChI=1S/C25H24FN3O4S/c1-4-20-22(24(31)33-3)23(15-5-11-19(32-2)12-6-15)29-18(14-34-25(29)28-20)13-21(30)27-17-9-7-16(26)8-10-17/h5-12,14,23H,4,13H2,1-3H3,(H,27,30). The number of nitrogens with zero attached hydrogens (tertiary/aromatic N) is 2. The SMILES string of the molecule is CCC1=C(C(=O)OC)C(c2ccc(OC)cc2)N2C(CC(=O)Nc3ccc(F)cc3)=CSC2=N1. The highest BCUT2D eigenvalue weighted by Crippen LogP contribution is 2.45. The number of anilines is 1. The Labute approximate surface area is 201 Å². The fourth-order valence-electron chi connectivity index (χ4n) is 3.92. The maximum Gasteiger partial charge on any atom is 0.338 e. The summed E-state index contributed by atoms with van der Waals surface area (Å²) in [5, 5.41) is 5.34. The Kier molecular flexibility index (Phi) is 7.02. The van der Waals surface area contributed by atoms with E-state index in [1.807, 2.05) is 41.5 Å². The van der Waals surface area contributed by atoms with Crippen LogP contribution in [0.3, 0.4) is 0 Å². The van der Waals surface area contributed by atoms with Gasteiger partial charge in [-0.2, -0.15) is 0 Å². The highest BCUT2D eigenvalue weighted by molar-refractivity contribution is 8.16. The van der Waals surface area contributed by atoms with Gasteiger partial charge in [0.15, 0.2) is 5.17 Å². The first-order valence-corrected chi connectivity index (χ1v) is 11.6. The molecule has 0 spiro atoms. The van der Waals surface area contributed by atoms with Crippen molar-refractivity contribution in [1.29, 1.82) is 0 Å². The second kappa shape index (κ2) is 10.1. The third-order valence-corrected chi connectivity index (χ3v) is 6.42. The van der Waals surface area contributed by atoms with Gasteiger partial charge in [-0.25, -0.2) is 14.2 Å². The normalized spacial score (nSPS) is 17.1. The molecule has 4 rings (SSSR count). The Morgan fingerprint density at radius 3 is 2.44 bits per heavy atom. The largest absolute Gasteiger partial charge is 0.497 e. The van der Waals surface area contributed by atoms with Crippen LogP contribution < -0.4 is 10.1 Å². The molecule has 2 aromatic carbocycles. The first-order valence-electron chi connectivity index (χ1n) is 10.7. The van der Waals surface area contributed by atoms with Crippen LogP contribution in [0.1, 0.15) is 31.4 Å². The van der Waals surface area contributed by atoms with E-state index in [9.17, 15) is 14.0 Å². The van der Waals surface area contributed by atoms with Crippen LogP contribution in [0.15, 0.2) is 75.9 Å². The summed E-state index contributed by atoms with van der Waals surface area (Å²) in [6, 6.07) is 12.5. The van der Waals surface area contributed by atoms with Gasteiger partial charge in [0.05, 0.1) is 38.0 Å². The van der Waals surface area contributed by atoms with Gasteiger partial charge in [-0.3, -0.25) is 4.79 Å². The van der Waals surface area contributed by atoms with Crippen molar-refractivity contribution in [2.24, 2.45) is 4.99 Å².